The molecular formula is C22H26FN3O4. The second kappa shape index (κ2) is 11.5. The van der Waals surface area contributed by atoms with Crippen molar-refractivity contribution >= 4 is 29.2 Å². The summed E-state index contributed by atoms with van der Waals surface area (Å²) in [5.41, 5.74) is 2.39. The van der Waals surface area contributed by atoms with Gasteiger partial charge in [0.15, 0.2) is 0 Å². The molecule has 30 heavy (non-hydrogen) atoms. The van der Waals surface area contributed by atoms with Gasteiger partial charge in [-0.05, 0) is 49.7 Å². The van der Waals surface area contributed by atoms with E-state index in [1.165, 1.54) is 12.1 Å². The number of ether oxygens (including phenoxy) is 2. The van der Waals surface area contributed by atoms with Gasteiger partial charge in [0.1, 0.15) is 5.82 Å². The number of carbonyl (C=O) groups is 2. The molecule has 2 N–H and O–H groups in total. The molecule has 0 fully saturated rings. The maximum atomic E-state index is 13.2. The van der Waals surface area contributed by atoms with E-state index >= 15 is 0 Å². The van der Waals surface area contributed by atoms with Crippen molar-refractivity contribution in [2.75, 3.05) is 35.3 Å². The van der Waals surface area contributed by atoms with Crippen molar-refractivity contribution in [2.45, 2.75) is 20.4 Å². The zero-order valence-electron chi connectivity index (χ0n) is 17.1. The Morgan fingerprint density at radius 2 is 1.60 bits per heavy atom. The predicted octanol–water partition coefficient (Wildman–Crippen LogP) is 5.16. The molecule has 0 saturated carbocycles. The largest absolute Gasteiger partial charge is 0.450 e. The quantitative estimate of drug-likeness (QED) is 0.554. The van der Waals surface area contributed by atoms with E-state index in [0.29, 0.717) is 24.5 Å². The van der Waals surface area contributed by atoms with Crippen LogP contribution in [0.1, 0.15) is 19.4 Å². The molecule has 8 heteroatoms. The first-order valence-corrected chi connectivity index (χ1v) is 9.58. The van der Waals surface area contributed by atoms with E-state index in [9.17, 15) is 14.0 Å². The van der Waals surface area contributed by atoms with E-state index in [-0.39, 0.29) is 19.0 Å². The van der Waals surface area contributed by atoms with Crippen molar-refractivity contribution in [3.63, 3.8) is 0 Å². The van der Waals surface area contributed by atoms with Crippen molar-refractivity contribution in [1.82, 2.24) is 0 Å². The highest BCUT2D eigenvalue weighted by atomic mass is 19.1. The number of anilines is 3. The van der Waals surface area contributed by atoms with Crippen LogP contribution in [-0.2, 0) is 16.0 Å². The van der Waals surface area contributed by atoms with Crippen molar-refractivity contribution in [3.8, 4) is 0 Å². The average molecular weight is 415 g/mol. The molecule has 0 bridgehead atoms. The fourth-order valence-electron chi connectivity index (χ4n) is 2.72. The lowest BCUT2D eigenvalue weighted by Crippen LogP contribution is -2.23. The number of hydrogen-bond acceptors (Lipinski definition) is 5. The first kappa shape index (κ1) is 22.7. The Morgan fingerprint density at radius 1 is 1.00 bits per heavy atom. The van der Waals surface area contributed by atoms with Crippen LogP contribution >= 0.6 is 0 Å². The van der Waals surface area contributed by atoms with Crippen LogP contribution in [0.25, 0.3) is 0 Å². The summed E-state index contributed by atoms with van der Waals surface area (Å²) < 4.78 is 23.1. The molecule has 0 heterocycles. The van der Waals surface area contributed by atoms with Crippen LogP contribution in [-0.4, -0.2) is 31.9 Å². The number of nitrogens with zero attached hydrogens (tertiary/aromatic N) is 1. The number of nitrogens with one attached hydrogen (secondary N) is 2. The number of amides is 2. The summed E-state index contributed by atoms with van der Waals surface area (Å²) in [4.78, 5) is 25.8. The van der Waals surface area contributed by atoms with Gasteiger partial charge in [-0.2, -0.15) is 0 Å². The van der Waals surface area contributed by atoms with E-state index < -0.39 is 12.2 Å². The van der Waals surface area contributed by atoms with Crippen LogP contribution in [0.15, 0.2) is 55.1 Å². The van der Waals surface area contributed by atoms with Crippen LogP contribution in [0.4, 0.5) is 31.0 Å². The van der Waals surface area contributed by atoms with Gasteiger partial charge < -0.3 is 14.4 Å². The first-order chi connectivity index (χ1) is 14.5. The number of benzene rings is 2. The molecule has 2 aromatic carbocycles. The monoisotopic (exact) mass is 415 g/mol. The fraction of sp³-hybridized carbons (Fsp3) is 0.273. The highest BCUT2D eigenvalue weighted by molar-refractivity contribution is 5.96. The number of rotatable bonds is 9. The van der Waals surface area contributed by atoms with Crippen LogP contribution in [0.5, 0.6) is 0 Å². The predicted molar refractivity (Wildman–Crippen MR) is 115 cm³/mol. The Bertz CT molecular complexity index is 871. The van der Waals surface area contributed by atoms with Gasteiger partial charge in [0, 0.05) is 18.8 Å². The maximum absolute atomic E-state index is 13.2. The lowest BCUT2D eigenvalue weighted by atomic mass is 10.1. The minimum Gasteiger partial charge on any atom is -0.450 e. The molecular weight excluding hydrogens is 389 g/mol. The van der Waals surface area contributed by atoms with Gasteiger partial charge in [-0.3, -0.25) is 10.6 Å². The fourth-order valence-corrected chi connectivity index (χ4v) is 2.72. The summed E-state index contributed by atoms with van der Waals surface area (Å²) in [6.07, 6.45) is 0.467. The molecule has 2 rings (SSSR count). The zero-order valence-corrected chi connectivity index (χ0v) is 17.1. The smallest absolute Gasteiger partial charge is 0.411 e. The first-order valence-electron chi connectivity index (χ1n) is 9.58. The molecule has 160 valence electrons. The van der Waals surface area contributed by atoms with Gasteiger partial charge in [0.2, 0.25) is 0 Å². The number of carbonyl (C=O) groups excluding carboxylic acids is 2. The average Bonchev–Trinajstić information content (AvgIpc) is 2.71. The molecule has 7 nitrogen and oxygen atoms in total. The molecule has 0 aliphatic carbocycles. The molecule has 0 unspecified atom stereocenters. The van der Waals surface area contributed by atoms with Crippen molar-refractivity contribution in [2.24, 2.45) is 0 Å². The van der Waals surface area contributed by atoms with E-state index in [0.717, 1.165) is 11.3 Å². The lowest BCUT2D eigenvalue weighted by Gasteiger charge is -2.25. The maximum Gasteiger partial charge on any atom is 0.411 e. The van der Waals surface area contributed by atoms with Gasteiger partial charge in [-0.1, -0.05) is 18.2 Å². The van der Waals surface area contributed by atoms with Gasteiger partial charge in [-0.15, -0.1) is 6.58 Å². The molecule has 2 aromatic rings. The third-order valence-electron chi connectivity index (χ3n) is 4.03. The second-order valence-electron chi connectivity index (χ2n) is 6.22. The van der Waals surface area contributed by atoms with Gasteiger partial charge in [0.25, 0.3) is 0 Å². The summed E-state index contributed by atoms with van der Waals surface area (Å²) in [6, 6.07) is 11.4. The molecule has 2 amide bonds. The molecule has 0 spiro atoms. The zero-order chi connectivity index (χ0) is 21.9. The Hall–Kier alpha value is -3.55. The van der Waals surface area contributed by atoms with Gasteiger partial charge >= 0.3 is 12.2 Å². The molecule has 0 aliphatic rings. The summed E-state index contributed by atoms with van der Waals surface area (Å²) in [7, 11) is 0. The highest BCUT2D eigenvalue weighted by Crippen LogP contribution is 2.29. The Kier molecular flexibility index (Phi) is 8.68. The van der Waals surface area contributed by atoms with Crippen LogP contribution in [0.2, 0.25) is 0 Å². The Labute approximate surface area is 175 Å². The van der Waals surface area contributed by atoms with Gasteiger partial charge in [-0.25, -0.2) is 14.0 Å². The van der Waals surface area contributed by atoms with Crippen molar-refractivity contribution < 1.29 is 23.5 Å². The van der Waals surface area contributed by atoms with Crippen LogP contribution in [0, 0.1) is 5.82 Å². The third kappa shape index (κ3) is 6.80. The van der Waals surface area contributed by atoms with Gasteiger partial charge in [0.05, 0.1) is 24.6 Å². The molecule has 0 saturated heterocycles. The van der Waals surface area contributed by atoms with Crippen LogP contribution in [0.3, 0.4) is 0 Å². The summed E-state index contributed by atoms with van der Waals surface area (Å²) in [5.74, 6) is -0.302. The lowest BCUT2D eigenvalue weighted by molar-refractivity contribution is 0.166. The second-order valence-corrected chi connectivity index (χ2v) is 6.22. The van der Waals surface area contributed by atoms with Crippen molar-refractivity contribution in [1.29, 1.82) is 0 Å². The SMILES string of the molecule is C=CCN(Cc1ccc(F)cc1)c1ccc(NC(=O)OCC)c(NC(=O)OCC)c1. The normalized spacial score (nSPS) is 10.1. The summed E-state index contributed by atoms with van der Waals surface area (Å²) in [6.45, 7) is 8.62. The van der Waals surface area contributed by atoms with E-state index in [2.05, 4.69) is 17.2 Å². The number of halogens is 1. The standard InChI is InChI=1S/C22H26FN3O4/c1-4-13-26(15-16-7-9-17(23)10-8-16)18-11-12-19(24-21(27)29-5-2)20(14-18)25-22(28)30-6-3/h4,7-12,14H,1,5-6,13,15H2,2-3H3,(H,24,27)(H,25,28). The summed E-state index contributed by atoms with van der Waals surface area (Å²) in [5, 5.41) is 5.24. The molecule has 0 aromatic heterocycles. The van der Waals surface area contributed by atoms with E-state index in [1.54, 1.807) is 50.3 Å². The minimum atomic E-state index is -0.643. The number of hydrogen-bond donors (Lipinski definition) is 2. The van der Waals surface area contributed by atoms with Crippen molar-refractivity contribution in [3.05, 3.63) is 66.5 Å². The summed E-state index contributed by atoms with van der Waals surface area (Å²) >= 11 is 0. The molecule has 0 radical (unpaired) electrons. The Morgan fingerprint density at radius 3 is 2.17 bits per heavy atom. The molecule has 0 aliphatic heterocycles. The van der Waals surface area contributed by atoms with Crippen LogP contribution < -0.4 is 15.5 Å². The van der Waals surface area contributed by atoms with E-state index in [1.807, 2.05) is 4.90 Å². The topological polar surface area (TPSA) is 79.9 Å². The Balaban J connectivity index is 2.33. The van der Waals surface area contributed by atoms with E-state index in [4.69, 9.17) is 9.47 Å². The highest BCUT2D eigenvalue weighted by Gasteiger charge is 2.14. The molecule has 0 atom stereocenters. The minimum absolute atomic E-state index is 0.208. The third-order valence-corrected chi connectivity index (χ3v) is 4.03.